The Kier molecular flexibility index (Phi) is 13.4. The number of benzene rings is 6. The Bertz CT molecular complexity index is 2220. The minimum Gasteiger partial charge on any atom is -0.0654 e. The SMILES string of the molecule is CCCCCCCCc1ccc(C2(c3ccc(CCCCCCCC)cc3)C3=C(c4ccc(I)cc42)C(c2ccccc2)(c2ccccc2)c2cc(I)ccc23)cc1. The molecule has 6 aromatic rings. The zero-order valence-corrected chi connectivity index (χ0v) is 38.8. The average Bonchev–Trinajstić information content (AvgIpc) is 3.72. The molecule has 2 aliphatic rings. The highest BCUT2D eigenvalue weighted by atomic mass is 127. The number of allylic oxidation sites excluding steroid dienone is 2. The number of rotatable bonds is 18. The number of halogens is 2. The molecule has 2 heteroatoms. The smallest absolute Gasteiger partial charge is 0.0654 e. The Balaban J connectivity index is 1.35. The number of aryl methyl sites for hydroxylation is 2. The summed E-state index contributed by atoms with van der Waals surface area (Å²) in [6, 6.07) is 57.1. The van der Waals surface area contributed by atoms with Crippen LogP contribution in [0.25, 0.3) is 11.1 Å². The van der Waals surface area contributed by atoms with Gasteiger partial charge in [-0.3, -0.25) is 0 Å². The van der Waals surface area contributed by atoms with Gasteiger partial charge in [0.2, 0.25) is 0 Å². The highest BCUT2D eigenvalue weighted by molar-refractivity contribution is 14.1. The molecule has 0 N–H and O–H groups in total. The standard InChI is InChI=1S/C56H58I2/c1-3-5-7-9-11-15-21-41-27-31-45(32-28-41)56(46-33-29-42(30-34-46)22-16-12-10-8-6-4-2)52-40-48(58)36-38-50(52)53-54(56)49-37-35-47(57)39-51(49)55(53,43-23-17-13-18-24-43)44-25-19-14-20-26-44/h13-14,17-20,23-40H,3-12,15-16,21-22H2,1-2H3. The summed E-state index contributed by atoms with van der Waals surface area (Å²) >= 11 is 5.09. The molecule has 0 atom stereocenters. The molecule has 0 saturated heterocycles. The molecule has 0 aliphatic heterocycles. The van der Waals surface area contributed by atoms with Crippen molar-refractivity contribution in [1.82, 2.24) is 0 Å². The van der Waals surface area contributed by atoms with Crippen LogP contribution in [-0.2, 0) is 23.7 Å². The quantitative estimate of drug-likeness (QED) is 0.0595. The van der Waals surface area contributed by atoms with Crippen molar-refractivity contribution in [3.63, 3.8) is 0 Å². The van der Waals surface area contributed by atoms with Gasteiger partial charge in [0, 0.05) is 7.14 Å². The van der Waals surface area contributed by atoms with Gasteiger partial charge in [-0.2, -0.15) is 0 Å². The molecule has 2 aliphatic carbocycles. The van der Waals surface area contributed by atoms with Crippen LogP contribution in [0.4, 0.5) is 0 Å². The van der Waals surface area contributed by atoms with Crippen molar-refractivity contribution in [2.24, 2.45) is 0 Å². The van der Waals surface area contributed by atoms with E-state index >= 15 is 0 Å². The van der Waals surface area contributed by atoms with E-state index in [1.54, 1.807) is 0 Å². The highest BCUT2D eigenvalue weighted by Crippen LogP contribution is 2.69. The predicted octanol–water partition coefficient (Wildman–Crippen LogP) is 16.3. The van der Waals surface area contributed by atoms with Crippen molar-refractivity contribution < 1.29 is 0 Å². The van der Waals surface area contributed by atoms with Gasteiger partial charge in [-0.1, -0.05) is 199 Å². The summed E-state index contributed by atoms with van der Waals surface area (Å²) in [5.41, 5.74) is 15.6. The fourth-order valence-electron chi connectivity index (χ4n) is 10.4. The molecule has 0 heterocycles. The normalized spacial score (nSPS) is 14.7. The van der Waals surface area contributed by atoms with Crippen molar-refractivity contribution in [2.45, 2.75) is 115 Å². The maximum absolute atomic E-state index is 2.55. The highest BCUT2D eigenvalue weighted by Gasteiger charge is 2.59. The van der Waals surface area contributed by atoms with E-state index in [9.17, 15) is 0 Å². The lowest BCUT2D eigenvalue weighted by Gasteiger charge is -2.37. The van der Waals surface area contributed by atoms with Crippen molar-refractivity contribution in [2.75, 3.05) is 0 Å². The first-order chi connectivity index (χ1) is 28.5. The largest absolute Gasteiger partial charge is 0.0717 e. The third kappa shape index (κ3) is 7.70. The van der Waals surface area contributed by atoms with Gasteiger partial charge < -0.3 is 0 Å². The molecule has 0 aromatic heterocycles. The minimum atomic E-state index is -0.504. The van der Waals surface area contributed by atoms with E-state index in [1.165, 1.54) is 151 Å². The maximum Gasteiger partial charge on any atom is 0.0717 e. The molecule has 6 aromatic carbocycles. The van der Waals surface area contributed by atoms with Gasteiger partial charge in [-0.05, 0) is 162 Å². The van der Waals surface area contributed by atoms with Gasteiger partial charge in [0.05, 0.1) is 10.8 Å². The van der Waals surface area contributed by atoms with Crippen LogP contribution in [0.1, 0.15) is 147 Å². The molecule has 0 nitrogen and oxygen atoms in total. The fourth-order valence-corrected chi connectivity index (χ4v) is 11.4. The second-order valence-electron chi connectivity index (χ2n) is 16.8. The second kappa shape index (κ2) is 18.8. The summed E-state index contributed by atoms with van der Waals surface area (Å²) in [6.45, 7) is 4.60. The van der Waals surface area contributed by atoms with Crippen LogP contribution < -0.4 is 0 Å². The Hall–Kier alpha value is -3.48. The van der Waals surface area contributed by atoms with Gasteiger partial charge in [0.1, 0.15) is 0 Å². The summed E-state index contributed by atoms with van der Waals surface area (Å²) in [5.74, 6) is 0. The summed E-state index contributed by atoms with van der Waals surface area (Å²) in [6.07, 6.45) is 18.1. The number of hydrogen-bond acceptors (Lipinski definition) is 0. The van der Waals surface area contributed by atoms with Gasteiger partial charge in [0.25, 0.3) is 0 Å². The van der Waals surface area contributed by atoms with Crippen LogP contribution in [0.3, 0.4) is 0 Å². The monoisotopic (exact) mass is 984 g/mol. The van der Waals surface area contributed by atoms with E-state index in [1.807, 2.05) is 0 Å². The van der Waals surface area contributed by atoms with Crippen molar-refractivity contribution in [3.8, 4) is 0 Å². The van der Waals surface area contributed by atoms with Crippen LogP contribution in [0.5, 0.6) is 0 Å². The maximum atomic E-state index is 2.55. The first kappa shape index (κ1) is 41.3. The Labute approximate surface area is 376 Å². The number of unbranched alkanes of at least 4 members (excludes halogenated alkanes) is 10. The lowest BCUT2D eigenvalue weighted by atomic mass is 9.64. The van der Waals surface area contributed by atoms with Crippen molar-refractivity contribution in [1.29, 1.82) is 0 Å². The Morgan fingerprint density at radius 2 is 0.707 bits per heavy atom. The molecule has 296 valence electrons. The zero-order chi connectivity index (χ0) is 40.0. The van der Waals surface area contributed by atoms with Gasteiger partial charge in [0.15, 0.2) is 0 Å². The molecule has 0 saturated carbocycles. The Morgan fingerprint density at radius 3 is 1.09 bits per heavy atom. The topological polar surface area (TPSA) is 0 Å². The molecule has 8 rings (SSSR count). The minimum absolute atomic E-state index is 0.493. The number of fused-ring (bicyclic) bond motifs is 4. The van der Waals surface area contributed by atoms with E-state index in [4.69, 9.17) is 0 Å². The molecule has 0 unspecified atom stereocenters. The summed E-state index contributed by atoms with van der Waals surface area (Å²) in [5, 5.41) is 0. The van der Waals surface area contributed by atoms with E-state index in [2.05, 4.69) is 205 Å². The van der Waals surface area contributed by atoms with Gasteiger partial charge >= 0.3 is 0 Å². The molecule has 0 radical (unpaired) electrons. The third-order valence-electron chi connectivity index (χ3n) is 13.1. The van der Waals surface area contributed by atoms with Crippen LogP contribution in [0.15, 0.2) is 146 Å². The molecule has 0 fully saturated rings. The fraction of sp³-hybridized carbons (Fsp3) is 0.321. The first-order valence-corrected chi connectivity index (χ1v) is 24.3. The zero-order valence-electron chi connectivity index (χ0n) is 34.5. The van der Waals surface area contributed by atoms with Crippen LogP contribution in [-0.4, -0.2) is 0 Å². The molecule has 0 bridgehead atoms. The lowest BCUT2D eigenvalue weighted by Crippen LogP contribution is -2.30. The molecule has 0 spiro atoms. The van der Waals surface area contributed by atoms with Crippen LogP contribution in [0, 0.1) is 7.14 Å². The van der Waals surface area contributed by atoms with Crippen LogP contribution >= 0.6 is 45.2 Å². The van der Waals surface area contributed by atoms with E-state index in [0.717, 1.165) is 12.8 Å². The second-order valence-corrected chi connectivity index (χ2v) is 19.3. The van der Waals surface area contributed by atoms with Gasteiger partial charge in [-0.25, -0.2) is 0 Å². The average molecular weight is 985 g/mol. The molecular weight excluding hydrogens is 926 g/mol. The lowest BCUT2D eigenvalue weighted by molar-refractivity contribution is 0.607. The molecule has 0 amide bonds. The van der Waals surface area contributed by atoms with E-state index in [0.29, 0.717) is 0 Å². The van der Waals surface area contributed by atoms with E-state index < -0.39 is 10.8 Å². The Morgan fingerprint density at radius 1 is 0.362 bits per heavy atom. The number of hydrogen-bond donors (Lipinski definition) is 0. The molecular formula is C56H58I2. The first-order valence-electron chi connectivity index (χ1n) is 22.2. The predicted molar refractivity (Wildman–Crippen MR) is 265 cm³/mol. The summed E-state index contributed by atoms with van der Waals surface area (Å²) in [4.78, 5) is 0. The van der Waals surface area contributed by atoms with Crippen molar-refractivity contribution in [3.05, 3.63) is 208 Å². The van der Waals surface area contributed by atoms with Crippen LogP contribution in [0.2, 0.25) is 0 Å². The summed E-state index contributed by atoms with van der Waals surface area (Å²) < 4.78 is 2.54. The van der Waals surface area contributed by atoms with Gasteiger partial charge in [-0.15, -0.1) is 0 Å². The van der Waals surface area contributed by atoms with E-state index in [-0.39, 0.29) is 0 Å². The summed E-state index contributed by atoms with van der Waals surface area (Å²) in [7, 11) is 0. The van der Waals surface area contributed by atoms with Crippen molar-refractivity contribution >= 4 is 56.3 Å². The third-order valence-corrected chi connectivity index (χ3v) is 14.5. The molecule has 58 heavy (non-hydrogen) atoms.